The smallest absolute Gasteiger partial charge is 0.287 e. The van der Waals surface area contributed by atoms with Gasteiger partial charge < -0.3 is 14.2 Å². The van der Waals surface area contributed by atoms with Crippen molar-refractivity contribution in [3.63, 3.8) is 0 Å². The number of hydrogen-bond acceptors (Lipinski definition) is 7. The highest BCUT2D eigenvalue weighted by Crippen LogP contribution is 2.36. The molecule has 2 aliphatic carbocycles. The maximum atomic E-state index is 12.5. The number of nitrogens with zero attached hydrogens (tertiary/aromatic N) is 2. The zero-order valence-electron chi connectivity index (χ0n) is 16.1. The van der Waals surface area contributed by atoms with Crippen LogP contribution in [0.25, 0.3) is 11.2 Å². The van der Waals surface area contributed by atoms with Gasteiger partial charge in [0, 0.05) is 18.2 Å². The minimum absolute atomic E-state index is 0.0167. The molecular formula is C20H21ClN4O4S. The number of fused-ring (bicyclic) bond motifs is 1. The molecule has 0 bridgehead atoms. The van der Waals surface area contributed by atoms with Gasteiger partial charge in [-0.3, -0.25) is 4.79 Å². The van der Waals surface area contributed by atoms with E-state index in [0.29, 0.717) is 22.1 Å². The molecule has 1 amide bonds. The third-order valence-corrected chi connectivity index (χ3v) is 8.17. The van der Waals surface area contributed by atoms with Gasteiger partial charge in [-0.25, -0.2) is 19.0 Å². The summed E-state index contributed by atoms with van der Waals surface area (Å²) in [5.74, 6) is 0.601. The van der Waals surface area contributed by atoms with Crippen LogP contribution < -0.4 is 5.32 Å². The topological polar surface area (TPSA) is 122 Å². The Morgan fingerprint density at radius 2 is 1.93 bits per heavy atom. The second kappa shape index (κ2) is 7.39. The van der Waals surface area contributed by atoms with E-state index in [2.05, 4.69) is 15.3 Å². The van der Waals surface area contributed by atoms with Crippen LogP contribution in [0.3, 0.4) is 0 Å². The summed E-state index contributed by atoms with van der Waals surface area (Å²) in [4.78, 5) is 21.2. The van der Waals surface area contributed by atoms with Gasteiger partial charge in [0.2, 0.25) is 11.6 Å². The summed E-state index contributed by atoms with van der Waals surface area (Å²) in [5.41, 5.74) is 1.13. The molecule has 3 aromatic heterocycles. The van der Waals surface area contributed by atoms with E-state index in [1.165, 1.54) is 18.3 Å². The first-order valence-electron chi connectivity index (χ1n) is 10.0. The molecule has 0 unspecified atom stereocenters. The number of rotatable bonds is 5. The molecule has 2 N–H and O–H groups in total. The fourth-order valence-corrected chi connectivity index (χ4v) is 5.67. The van der Waals surface area contributed by atoms with E-state index in [-0.39, 0.29) is 34.0 Å². The fraction of sp³-hybridized carbons (Fsp3) is 0.450. The number of nitrogens with one attached hydrogen (secondary N) is 2. The van der Waals surface area contributed by atoms with Crippen LogP contribution in [0.4, 0.5) is 0 Å². The van der Waals surface area contributed by atoms with Gasteiger partial charge in [0.25, 0.3) is 5.91 Å². The van der Waals surface area contributed by atoms with E-state index >= 15 is 0 Å². The van der Waals surface area contributed by atoms with Crippen LogP contribution >= 0.6 is 11.6 Å². The number of oxazole rings is 1. The summed E-state index contributed by atoms with van der Waals surface area (Å²) in [5, 5.41) is 3.46. The van der Waals surface area contributed by atoms with Crippen LogP contribution in [0.5, 0.6) is 0 Å². The van der Waals surface area contributed by atoms with Gasteiger partial charge in [-0.15, -0.1) is 0 Å². The van der Waals surface area contributed by atoms with Crippen LogP contribution in [0, 0.1) is 4.78 Å². The van der Waals surface area contributed by atoms with Crippen LogP contribution in [-0.2, 0) is 9.73 Å². The molecule has 2 saturated carbocycles. The van der Waals surface area contributed by atoms with Crippen molar-refractivity contribution >= 4 is 38.5 Å². The molecule has 5 rings (SSSR count). The number of furan rings is 1. The SMILES string of the molecule is N=[S@@](=O)(c1ccc(C(=O)N[C@H]2CC[C@H](c3nc4cc(Cl)cnc4o3)CC2)o1)C1CC1. The fourth-order valence-electron chi connectivity index (χ4n) is 3.90. The molecule has 10 heteroatoms. The third-order valence-electron chi connectivity index (χ3n) is 5.74. The number of hydrogen-bond donors (Lipinski definition) is 2. The average Bonchev–Trinajstić information content (AvgIpc) is 3.32. The van der Waals surface area contributed by atoms with Crippen LogP contribution in [0.15, 0.2) is 38.3 Å². The minimum atomic E-state index is -2.94. The lowest BCUT2D eigenvalue weighted by Crippen LogP contribution is -2.37. The molecule has 3 aromatic rings. The van der Waals surface area contributed by atoms with Gasteiger partial charge in [-0.2, -0.15) is 0 Å². The Morgan fingerprint density at radius 1 is 1.17 bits per heavy atom. The molecular weight excluding hydrogens is 428 g/mol. The summed E-state index contributed by atoms with van der Waals surface area (Å²) in [7, 11) is -2.94. The Labute approximate surface area is 178 Å². The first-order chi connectivity index (χ1) is 14.4. The van der Waals surface area contributed by atoms with Gasteiger partial charge in [0.05, 0.1) is 10.3 Å². The lowest BCUT2D eigenvalue weighted by molar-refractivity contribution is 0.0891. The van der Waals surface area contributed by atoms with Crippen molar-refractivity contribution in [1.82, 2.24) is 15.3 Å². The Kier molecular flexibility index (Phi) is 4.82. The number of carbonyl (C=O) groups is 1. The first kappa shape index (κ1) is 19.6. The number of aromatic nitrogens is 2. The highest BCUT2D eigenvalue weighted by Gasteiger charge is 2.36. The molecule has 3 heterocycles. The van der Waals surface area contributed by atoms with Crippen molar-refractivity contribution in [1.29, 1.82) is 4.78 Å². The van der Waals surface area contributed by atoms with Crippen molar-refractivity contribution in [2.45, 2.75) is 60.8 Å². The number of amides is 1. The second-order valence-corrected chi connectivity index (χ2v) is 10.7. The Bertz CT molecular complexity index is 1210. The molecule has 2 aliphatic rings. The lowest BCUT2D eigenvalue weighted by Gasteiger charge is -2.27. The molecule has 0 radical (unpaired) electrons. The normalized spacial score (nSPS) is 23.9. The predicted octanol–water partition coefficient (Wildman–Crippen LogP) is 4.49. The van der Waals surface area contributed by atoms with Crippen molar-refractivity contribution in [3.8, 4) is 0 Å². The van der Waals surface area contributed by atoms with Crippen molar-refractivity contribution in [2.24, 2.45) is 0 Å². The third kappa shape index (κ3) is 3.72. The molecule has 0 saturated heterocycles. The van der Waals surface area contributed by atoms with Gasteiger partial charge in [0.1, 0.15) is 15.2 Å². The number of carbonyl (C=O) groups excluding carboxylic acids is 1. The summed E-state index contributed by atoms with van der Waals surface area (Å²) < 4.78 is 31.7. The average molecular weight is 449 g/mol. The lowest BCUT2D eigenvalue weighted by atomic mass is 9.86. The van der Waals surface area contributed by atoms with Gasteiger partial charge in [-0.1, -0.05) is 11.6 Å². The van der Waals surface area contributed by atoms with E-state index in [4.69, 9.17) is 25.2 Å². The molecule has 158 valence electrons. The maximum absolute atomic E-state index is 12.5. The largest absolute Gasteiger partial charge is 0.441 e. The van der Waals surface area contributed by atoms with Crippen LogP contribution in [-0.4, -0.2) is 31.4 Å². The molecule has 0 aliphatic heterocycles. The molecule has 0 aromatic carbocycles. The highest BCUT2D eigenvalue weighted by molar-refractivity contribution is 7.93. The van der Waals surface area contributed by atoms with E-state index in [0.717, 1.165) is 38.5 Å². The van der Waals surface area contributed by atoms with Crippen molar-refractivity contribution < 1.29 is 17.8 Å². The van der Waals surface area contributed by atoms with Crippen LogP contribution in [0.2, 0.25) is 5.02 Å². The summed E-state index contributed by atoms with van der Waals surface area (Å²) in [6.07, 6.45) is 6.32. The second-order valence-electron chi connectivity index (χ2n) is 7.97. The van der Waals surface area contributed by atoms with E-state index in [1.807, 2.05) is 0 Å². The first-order valence-corrected chi connectivity index (χ1v) is 12.0. The van der Waals surface area contributed by atoms with E-state index in [9.17, 15) is 9.00 Å². The van der Waals surface area contributed by atoms with Crippen LogP contribution in [0.1, 0.15) is 60.9 Å². The molecule has 8 nitrogen and oxygen atoms in total. The highest BCUT2D eigenvalue weighted by atomic mass is 35.5. The Hall–Kier alpha value is -2.39. The van der Waals surface area contributed by atoms with Crippen molar-refractivity contribution in [3.05, 3.63) is 41.1 Å². The Morgan fingerprint density at radius 3 is 2.67 bits per heavy atom. The van der Waals surface area contributed by atoms with E-state index in [1.54, 1.807) is 6.07 Å². The molecule has 2 fully saturated rings. The zero-order valence-corrected chi connectivity index (χ0v) is 17.7. The van der Waals surface area contributed by atoms with Gasteiger partial charge in [-0.05, 0) is 56.7 Å². The number of halogens is 1. The van der Waals surface area contributed by atoms with Gasteiger partial charge in [0.15, 0.2) is 10.9 Å². The zero-order chi connectivity index (χ0) is 20.9. The molecule has 30 heavy (non-hydrogen) atoms. The summed E-state index contributed by atoms with van der Waals surface area (Å²) in [6.45, 7) is 0. The summed E-state index contributed by atoms with van der Waals surface area (Å²) >= 11 is 5.96. The predicted molar refractivity (Wildman–Crippen MR) is 110 cm³/mol. The van der Waals surface area contributed by atoms with E-state index < -0.39 is 9.73 Å². The van der Waals surface area contributed by atoms with Crippen molar-refractivity contribution in [2.75, 3.05) is 0 Å². The van der Waals surface area contributed by atoms with Gasteiger partial charge >= 0.3 is 0 Å². The maximum Gasteiger partial charge on any atom is 0.287 e. The number of pyridine rings is 1. The molecule has 1 atom stereocenters. The standard InChI is InChI=1S/C20H21ClN4O4S/c21-12-9-15-20(23-10-12)29-19(25-15)11-1-3-13(4-2-11)24-18(26)16-7-8-17(28-16)30(22,27)14-5-6-14/h7-11,13-14,22H,1-6H2,(H,24,26)/t11-,13-,30-/m0/s1. The monoisotopic (exact) mass is 448 g/mol. The minimum Gasteiger partial charge on any atom is -0.441 e. The Balaban J connectivity index is 1.20. The summed E-state index contributed by atoms with van der Waals surface area (Å²) in [6, 6.07) is 4.75. The quantitative estimate of drug-likeness (QED) is 0.592. The molecule has 0 spiro atoms.